The van der Waals surface area contributed by atoms with Crippen LogP contribution in [0.3, 0.4) is 0 Å². The normalized spacial score (nSPS) is 30.5. The van der Waals surface area contributed by atoms with E-state index in [-0.39, 0.29) is 24.4 Å². The zero-order valence-electron chi connectivity index (χ0n) is 12.5. The maximum absolute atomic E-state index is 12.0. The number of nitrogen functional groups attached to an aromatic ring is 1. The molecule has 1 unspecified atom stereocenters. The van der Waals surface area contributed by atoms with Gasteiger partial charge in [-0.3, -0.25) is 9.59 Å². The van der Waals surface area contributed by atoms with Crippen LogP contribution >= 0.6 is 11.8 Å². The number of aliphatic hydroxyl groups is 1. The van der Waals surface area contributed by atoms with E-state index in [1.807, 2.05) is 0 Å². The number of benzene rings is 1. The number of fused-ring (bicyclic) bond motifs is 1. The number of rotatable bonds is 5. The lowest BCUT2D eigenvalue weighted by molar-refractivity contribution is -0.156. The maximum atomic E-state index is 12.0. The molecule has 0 spiro atoms. The molecule has 4 atom stereocenters. The molecule has 1 aromatic carbocycles. The van der Waals surface area contributed by atoms with Gasteiger partial charge in [-0.05, 0) is 31.2 Å². The van der Waals surface area contributed by atoms with Gasteiger partial charge in [-0.25, -0.2) is 0 Å². The molecular weight excluding hydrogens is 320 g/mol. The molecule has 124 valence electrons. The van der Waals surface area contributed by atoms with Crippen LogP contribution in [0.15, 0.2) is 24.3 Å². The van der Waals surface area contributed by atoms with E-state index in [0.717, 1.165) is 0 Å². The minimum absolute atomic E-state index is 0.0657. The van der Waals surface area contributed by atoms with E-state index >= 15 is 0 Å². The van der Waals surface area contributed by atoms with Gasteiger partial charge < -0.3 is 25.6 Å². The molecule has 0 saturated carbocycles. The SMILES string of the molecule is C[C@@H](O)[C@H]1C(=O)N2CC(COc3ccc(N)cc3)(C(=O)O)S[C@H]12. The predicted octanol–water partition coefficient (Wildman–Crippen LogP) is 0.383. The zero-order valence-corrected chi connectivity index (χ0v) is 13.3. The Kier molecular flexibility index (Phi) is 3.89. The van der Waals surface area contributed by atoms with E-state index < -0.39 is 22.7 Å². The summed E-state index contributed by atoms with van der Waals surface area (Å²) >= 11 is 1.17. The number of aliphatic hydroxyl groups excluding tert-OH is 1. The maximum Gasteiger partial charge on any atom is 0.325 e. The molecule has 0 aliphatic carbocycles. The average molecular weight is 338 g/mol. The van der Waals surface area contributed by atoms with Crippen molar-refractivity contribution in [3.63, 3.8) is 0 Å². The molecule has 2 aliphatic rings. The molecule has 1 amide bonds. The number of ether oxygens (including phenoxy) is 1. The second kappa shape index (κ2) is 5.61. The molecule has 8 heteroatoms. The Morgan fingerprint density at radius 2 is 2.17 bits per heavy atom. The highest BCUT2D eigenvalue weighted by molar-refractivity contribution is 8.02. The fourth-order valence-corrected chi connectivity index (χ4v) is 4.57. The first-order chi connectivity index (χ1) is 10.8. The molecule has 0 bridgehead atoms. The molecule has 0 aromatic heterocycles. The minimum atomic E-state index is -1.23. The van der Waals surface area contributed by atoms with Crippen LogP contribution in [0.5, 0.6) is 5.75 Å². The second-order valence-electron chi connectivity index (χ2n) is 5.90. The van der Waals surface area contributed by atoms with E-state index in [1.54, 1.807) is 31.2 Å². The highest BCUT2D eigenvalue weighted by atomic mass is 32.2. The number of anilines is 1. The summed E-state index contributed by atoms with van der Waals surface area (Å²) in [6.07, 6.45) is -0.793. The monoisotopic (exact) mass is 338 g/mol. The topological polar surface area (TPSA) is 113 Å². The Morgan fingerprint density at radius 3 is 2.74 bits per heavy atom. The number of β-lactam (4-membered cyclic amide) rings is 1. The van der Waals surface area contributed by atoms with Crippen molar-refractivity contribution in [1.82, 2.24) is 4.90 Å². The van der Waals surface area contributed by atoms with Gasteiger partial charge in [0.15, 0.2) is 4.75 Å². The number of hydrogen-bond donors (Lipinski definition) is 3. The fraction of sp³-hybridized carbons (Fsp3) is 0.467. The number of carboxylic acid groups (broad SMARTS) is 1. The third-order valence-corrected chi connectivity index (χ3v) is 5.88. The molecule has 1 aromatic rings. The molecule has 23 heavy (non-hydrogen) atoms. The van der Waals surface area contributed by atoms with Gasteiger partial charge in [-0.1, -0.05) is 0 Å². The first-order valence-corrected chi connectivity index (χ1v) is 8.10. The first-order valence-electron chi connectivity index (χ1n) is 7.22. The fourth-order valence-electron chi connectivity index (χ4n) is 2.87. The molecule has 2 aliphatic heterocycles. The number of hydrogen-bond acceptors (Lipinski definition) is 6. The number of thioether (sulfide) groups is 1. The summed E-state index contributed by atoms with van der Waals surface area (Å²) in [5.74, 6) is -1.25. The lowest BCUT2D eigenvalue weighted by Gasteiger charge is -2.42. The first kappa shape index (κ1) is 15.9. The number of carbonyl (C=O) groups is 2. The van der Waals surface area contributed by atoms with Gasteiger partial charge in [-0.15, -0.1) is 11.8 Å². The molecule has 4 N–H and O–H groups in total. The van der Waals surface area contributed by atoms with Crippen LogP contribution < -0.4 is 10.5 Å². The van der Waals surface area contributed by atoms with E-state index in [0.29, 0.717) is 11.4 Å². The van der Waals surface area contributed by atoms with Gasteiger partial charge in [0, 0.05) is 5.69 Å². The van der Waals surface area contributed by atoms with Crippen molar-refractivity contribution in [2.45, 2.75) is 23.1 Å². The predicted molar refractivity (Wildman–Crippen MR) is 85.0 cm³/mol. The summed E-state index contributed by atoms with van der Waals surface area (Å²) in [6.45, 7) is 1.56. The molecule has 2 fully saturated rings. The van der Waals surface area contributed by atoms with Gasteiger partial charge in [0.25, 0.3) is 0 Å². The van der Waals surface area contributed by atoms with E-state index in [4.69, 9.17) is 10.5 Å². The minimum Gasteiger partial charge on any atom is -0.491 e. The van der Waals surface area contributed by atoms with Crippen LogP contribution in [0.2, 0.25) is 0 Å². The number of nitrogens with two attached hydrogens (primary N) is 1. The van der Waals surface area contributed by atoms with Crippen LogP contribution in [0.1, 0.15) is 6.92 Å². The van der Waals surface area contributed by atoms with Crippen LogP contribution in [-0.2, 0) is 9.59 Å². The summed E-state index contributed by atoms with van der Waals surface area (Å²) in [6, 6.07) is 6.68. The van der Waals surface area contributed by atoms with Gasteiger partial charge >= 0.3 is 5.97 Å². The van der Waals surface area contributed by atoms with Gasteiger partial charge in [0.1, 0.15) is 12.4 Å². The van der Waals surface area contributed by atoms with Gasteiger partial charge in [-0.2, -0.15) is 0 Å². The molecule has 3 rings (SSSR count). The largest absolute Gasteiger partial charge is 0.491 e. The Bertz CT molecular complexity index is 635. The molecular formula is C15H18N2O5S. The van der Waals surface area contributed by atoms with Gasteiger partial charge in [0.2, 0.25) is 5.91 Å². The van der Waals surface area contributed by atoms with Crippen molar-refractivity contribution in [2.24, 2.45) is 5.92 Å². The standard InChI is InChI=1S/C15H18N2O5S/c1-8(18)11-12(19)17-6-15(14(20)21,23-13(11)17)7-22-10-4-2-9(16)3-5-10/h2-5,8,11,13,18H,6-7,16H2,1H3,(H,20,21)/t8-,11+,13-,15?/m1/s1. The second-order valence-corrected chi connectivity index (χ2v) is 7.40. The van der Waals surface area contributed by atoms with Crippen molar-refractivity contribution in [3.05, 3.63) is 24.3 Å². The summed E-state index contributed by atoms with van der Waals surface area (Å²) in [5, 5.41) is 19.0. The Labute approximate surface area is 137 Å². The molecule has 2 saturated heterocycles. The Hall–Kier alpha value is -1.93. The summed E-state index contributed by atoms with van der Waals surface area (Å²) in [5.41, 5.74) is 6.19. The van der Waals surface area contributed by atoms with Crippen molar-refractivity contribution in [1.29, 1.82) is 0 Å². The Balaban J connectivity index is 1.73. The van der Waals surface area contributed by atoms with Crippen molar-refractivity contribution in [3.8, 4) is 5.75 Å². The number of nitrogens with zero attached hydrogens (tertiary/aromatic N) is 1. The summed E-state index contributed by atoms with van der Waals surface area (Å²) in [7, 11) is 0. The summed E-state index contributed by atoms with van der Waals surface area (Å²) in [4.78, 5) is 25.3. The number of carbonyl (C=O) groups excluding carboxylic acids is 1. The Morgan fingerprint density at radius 1 is 1.52 bits per heavy atom. The summed E-state index contributed by atoms with van der Waals surface area (Å²) < 4.78 is 4.38. The van der Waals surface area contributed by atoms with Crippen molar-refractivity contribution in [2.75, 3.05) is 18.9 Å². The highest BCUT2D eigenvalue weighted by Gasteiger charge is 2.63. The average Bonchev–Trinajstić information content (AvgIpc) is 2.82. The van der Waals surface area contributed by atoms with Crippen LogP contribution in [0.4, 0.5) is 5.69 Å². The van der Waals surface area contributed by atoms with Crippen LogP contribution in [-0.4, -0.2) is 56.4 Å². The number of aliphatic carboxylic acids is 1. The van der Waals surface area contributed by atoms with E-state index in [1.165, 1.54) is 16.7 Å². The zero-order chi connectivity index (χ0) is 16.8. The lowest BCUT2D eigenvalue weighted by atomic mass is 9.92. The quantitative estimate of drug-likeness (QED) is 0.525. The van der Waals surface area contributed by atoms with Gasteiger partial charge in [0.05, 0.1) is 23.9 Å². The third-order valence-electron chi connectivity index (χ3n) is 4.22. The third kappa shape index (κ3) is 2.61. The molecule has 0 radical (unpaired) electrons. The number of amides is 1. The lowest BCUT2D eigenvalue weighted by Crippen LogP contribution is -2.60. The van der Waals surface area contributed by atoms with Crippen LogP contribution in [0.25, 0.3) is 0 Å². The van der Waals surface area contributed by atoms with Crippen molar-refractivity contribution < 1.29 is 24.5 Å². The van der Waals surface area contributed by atoms with E-state index in [2.05, 4.69) is 0 Å². The molecule has 7 nitrogen and oxygen atoms in total. The number of carboxylic acids is 1. The van der Waals surface area contributed by atoms with E-state index in [9.17, 15) is 19.8 Å². The molecule has 2 heterocycles. The smallest absolute Gasteiger partial charge is 0.325 e. The highest BCUT2D eigenvalue weighted by Crippen LogP contribution is 2.50. The van der Waals surface area contributed by atoms with Crippen molar-refractivity contribution >= 4 is 29.3 Å². The van der Waals surface area contributed by atoms with Crippen LogP contribution in [0, 0.1) is 5.92 Å².